The minimum absolute atomic E-state index is 0.0983. The molecule has 0 spiro atoms. The number of nitrogens with zero attached hydrogens (tertiary/aromatic N) is 2. The second-order valence-electron chi connectivity index (χ2n) is 5.98. The predicted octanol–water partition coefficient (Wildman–Crippen LogP) is 4.61. The summed E-state index contributed by atoms with van der Waals surface area (Å²) in [5.74, 6) is 0.522. The Balaban J connectivity index is 0.00000143. The number of carbonyl (C=O) groups is 2. The summed E-state index contributed by atoms with van der Waals surface area (Å²) >= 11 is 0. The van der Waals surface area contributed by atoms with Gasteiger partial charge in [-0.25, -0.2) is 9.78 Å². The Hall–Kier alpha value is -2.83. The third kappa shape index (κ3) is 10.3. The normalized spacial score (nSPS) is 9.31. The quantitative estimate of drug-likeness (QED) is 0.705. The summed E-state index contributed by atoms with van der Waals surface area (Å²) in [6, 6.07) is 9.86. The first kappa shape index (κ1) is 26.2. The van der Waals surface area contributed by atoms with Crippen LogP contribution in [0.3, 0.4) is 0 Å². The molecule has 1 aromatic carbocycles. The van der Waals surface area contributed by atoms with E-state index in [2.05, 4.69) is 33.9 Å². The summed E-state index contributed by atoms with van der Waals surface area (Å²) in [5.41, 5.74) is 1.94. The zero-order chi connectivity index (χ0) is 22.1. The molecule has 2 amide bonds. The smallest absolute Gasteiger partial charge is 0.407 e. The van der Waals surface area contributed by atoms with Gasteiger partial charge in [-0.15, -0.1) is 0 Å². The molecule has 0 saturated heterocycles. The first-order valence-corrected chi connectivity index (χ1v) is 10.2. The third-order valence-corrected chi connectivity index (χ3v) is 3.47. The van der Waals surface area contributed by atoms with Crippen LogP contribution in [-0.4, -0.2) is 47.1 Å². The molecule has 0 aliphatic heterocycles. The molecule has 2 N–H and O–H groups in total. The number of hydrogen-bond donors (Lipinski definition) is 2. The van der Waals surface area contributed by atoms with E-state index in [0.29, 0.717) is 18.9 Å². The summed E-state index contributed by atoms with van der Waals surface area (Å²) in [7, 11) is 1.26. The molecule has 162 valence electrons. The Morgan fingerprint density at radius 1 is 1.14 bits per heavy atom. The lowest BCUT2D eigenvalue weighted by Gasteiger charge is -2.21. The van der Waals surface area contributed by atoms with Crippen LogP contribution in [0.4, 0.5) is 4.79 Å². The molecule has 0 aliphatic carbocycles. The van der Waals surface area contributed by atoms with Crippen molar-refractivity contribution in [3.63, 3.8) is 0 Å². The molecule has 29 heavy (non-hydrogen) atoms. The summed E-state index contributed by atoms with van der Waals surface area (Å²) in [6.45, 7) is 11.1. The molecular weight excluding hydrogens is 368 g/mol. The minimum atomic E-state index is -0.621. The number of methoxy groups -OCH3 is 1. The highest BCUT2D eigenvalue weighted by Gasteiger charge is 2.16. The fourth-order valence-electron chi connectivity index (χ4n) is 2.28. The van der Waals surface area contributed by atoms with Crippen molar-refractivity contribution in [2.24, 2.45) is 0 Å². The lowest BCUT2D eigenvalue weighted by molar-refractivity contribution is -0.130. The van der Waals surface area contributed by atoms with Gasteiger partial charge >= 0.3 is 6.09 Å². The van der Waals surface area contributed by atoms with E-state index in [1.54, 1.807) is 11.1 Å². The van der Waals surface area contributed by atoms with E-state index in [1.807, 2.05) is 51.1 Å². The number of hydrogen-bond acceptors (Lipinski definition) is 4. The number of nitrogens with one attached hydrogen (secondary N) is 2. The van der Waals surface area contributed by atoms with E-state index < -0.39 is 6.09 Å². The van der Waals surface area contributed by atoms with Crippen LogP contribution < -0.4 is 5.32 Å². The second-order valence-corrected chi connectivity index (χ2v) is 5.98. The highest BCUT2D eigenvalue weighted by molar-refractivity contribution is 5.82. The van der Waals surface area contributed by atoms with Crippen molar-refractivity contribution in [3.8, 4) is 11.3 Å². The van der Waals surface area contributed by atoms with Crippen LogP contribution in [0.1, 0.15) is 53.3 Å². The summed E-state index contributed by atoms with van der Waals surface area (Å²) in [6.07, 6.45) is 3.20. The third-order valence-electron chi connectivity index (χ3n) is 3.47. The molecule has 0 aliphatic rings. The average Bonchev–Trinajstić information content (AvgIpc) is 3.22. The fourth-order valence-corrected chi connectivity index (χ4v) is 2.28. The Morgan fingerprint density at radius 2 is 1.76 bits per heavy atom. The van der Waals surface area contributed by atoms with Gasteiger partial charge in [-0.3, -0.25) is 4.79 Å². The predicted molar refractivity (Wildman–Crippen MR) is 117 cm³/mol. The molecule has 0 radical (unpaired) electrons. The largest absolute Gasteiger partial charge is 0.453 e. The molecule has 0 fully saturated rings. The van der Waals surface area contributed by atoms with Crippen molar-refractivity contribution < 1.29 is 14.3 Å². The number of H-pyrrole nitrogens is 1. The topological polar surface area (TPSA) is 87.3 Å². The van der Waals surface area contributed by atoms with Crippen LogP contribution in [0, 0.1) is 0 Å². The SMILES string of the molecule is CC.CCC.CCCN(Cc1ncc(-c2ccccc2)[nH]1)C(=O)CNC(=O)OC. The maximum Gasteiger partial charge on any atom is 0.407 e. The van der Waals surface area contributed by atoms with Crippen LogP contribution >= 0.6 is 0 Å². The number of benzene rings is 1. The number of ether oxygens (including phenoxy) is 1. The number of alkyl carbamates (subject to hydrolysis) is 1. The molecule has 1 aromatic heterocycles. The maximum atomic E-state index is 12.2. The van der Waals surface area contributed by atoms with E-state index in [0.717, 1.165) is 17.7 Å². The van der Waals surface area contributed by atoms with E-state index in [1.165, 1.54) is 13.5 Å². The van der Waals surface area contributed by atoms with Gasteiger partial charge in [-0.05, 0) is 12.0 Å². The molecule has 2 aromatic rings. The van der Waals surface area contributed by atoms with Gasteiger partial charge in [0.25, 0.3) is 0 Å². The minimum Gasteiger partial charge on any atom is -0.453 e. The highest BCUT2D eigenvalue weighted by atomic mass is 16.5. The van der Waals surface area contributed by atoms with Crippen molar-refractivity contribution in [1.29, 1.82) is 0 Å². The van der Waals surface area contributed by atoms with Crippen LogP contribution in [-0.2, 0) is 16.1 Å². The van der Waals surface area contributed by atoms with Gasteiger partial charge in [-0.1, -0.05) is 71.4 Å². The first-order chi connectivity index (χ1) is 14.0. The summed E-state index contributed by atoms with van der Waals surface area (Å²) in [4.78, 5) is 32.6. The number of carbonyl (C=O) groups excluding carboxylic acids is 2. The van der Waals surface area contributed by atoms with Crippen LogP contribution in [0.15, 0.2) is 36.5 Å². The molecule has 0 atom stereocenters. The van der Waals surface area contributed by atoms with E-state index in [9.17, 15) is 9.59 Å². The molecular formula is C22H36N4O3. The van der Waals surface area contributed by atoms with Crippen molar-refractivity contribution in [3.05, 3.63) is 42.4 Å². The van der Waals surface area contributed by atoms with E-state index in [4.69, 9.17) is 0 Å². The monoisotopic (exact) mass is 404 g/mol. The molecule has 0 bridgehead atoms. The van der Waals surface area contributed by atoms with Crippen LogP contribution in [0.25, 0.3) is 11.3 Å². The summed E-state index contributed by atoms with van der Waals surface area (Å²) in [5, 5.41) is 2.40. The van der Waals surface area contributed by atoms with Gasteiger partial charge in [0, 0.05) is 6.54 Å². The number of rotatable bonds is 7. The average molecular weight is 405 g/mol. The number of aromatic nitrogens is 2. The molecule has 0 saturated carbocycles. The zero-order valence-corrected chi connectivity index (χ0v) is 18.6. The van der Waals surface area contributed by atoms with E-state index in [-0.39, 0.29) is 12.5 Å². The number of imidazole rings is 1. The van der Waals surface area contributed by atoms with Crippen molar-refractivity contribution in [1.82, 2.24) is 20.2 Å². The lowest BCUT2D eigenvalue weighted by Crippen LogP contribution is -2.40. The maximum absolute atomic E-state index is 12.2. The Bertz CT molecular complexity index is 686. The first-order valence-electron chi connectivity index (χ1n) is 10.2. The van der Waals surface area contributed by atoms with Gasteiger partial charge in [0.1, 0.15) is 12.4 Å². The number of aromatic amines is 1. The standard InChI is InChI=1S/C17H22N4O3.C3H8.C2H6/c1-3-9-21(16(22)11-19-17(23)24-2)12-15-18-10-14(20-15)13-7-5-4-6-8-13;1-3-2;1-2/h4-8,10H,3,9,11-12H2,1-2H3,(H,18,20)(H,19,23);3H2,1-2H3;1-2H3. The van der Waals surface area contributed by atoms with E-state index >= 15 is 0 Å². The van der Waals surface area contributed by atoms with Gasteiger partial charge in [0.15, 0.2) is 0 Å². The van der Waals surface area contributed by atoms with Crippen LogP contribution in [0.5, 0.6) is 0 Å². The molecule has 7 nitrogen and oxygen atoms in total. The van der Waals surface area contributed by atoms with Crippen molar-refractivity contribution in [2.45, 2.75) is 54.0 Å². The lowest BCUT2D eigenvalue weighted by atomic mass is 10.2. The Kier molecular flexibility index (Phi) is 14.6. The Morgan fingerprint density at radius 3 is 2.31 bits per heavy atom. The van der Waals surface area contributed by atoms with Gasteiger partial charge in [0.2, 0.25) is 5.91 Å². The van der Waals surface area contributed by atoms with Crippen LogP contribution in [0.2, 0.25) is 0 Å². The molecule has 1 heterocycles. The van der Waals surface area contributed by atoms with Crippen molar-refractivity contribution >= 4 is 12.0 Å². The summed E-state index contributed by atoms with van der Waals surface area (Å²) < 4.78 is 4.47. The van der Waals surface area contributed by atoms with Gasteiger partial charge in [0.05, 0.1) is 25.5 Å². The molecule has 7 heteroatoms. The fraction of sp³-hybridized carbons (Fsp3) is 0.500. The van der Waals surface area contributed by atoms with Gasteiger partial charge in [-0.2, -0.15) is 0 Å². The number of amides is 2. The molecule has 0 unspecified atom stereocenters. The van der Waals surface area contributed by atoms with Gasteiger partial charge < -0.3 is 19.9 Å². The Labute approximate surface area is 174 Å². The van der Waals surface area contributed by atoms with Crippen molar-refractivity contribution in [2.75, 3.05) is 20.2 Å². The highest BCUT2D eigenvalue weighted by Crippen LogP contribution is 2.16. The molecule has 2 rings (SSSR count). The second kappa shape index (κ2) is 16.2. The zero-order valence-electron chi connectivity index (χ0n) is 18.6.